The van der Waals surface area contributed by atoms with Crippen LogP contribution in [0.3, 0.4) is 0 Å². The van der Waals surface area contributed by atoms with Crippen LogP contribution in [0.15, 0.2) is 48.1 Å². The van der Waals surface area contributed by atoms with E-state index >= 15 is 0 Å². The van der Waals surface area contributed by atoms with Crippen molar-refractivity contribution in [2.45, 2.75) is 0 Å². The SMILES string of the molecule is C[N+]1=C=[N+](c2[c-]cccc2)N=C1.N#Cc1c(F)c[c-]c(-c2ncncn2)c1F.[Ir]. The van der Waals surface area contributed by atoms with Gasteiger partial charge in [-0.3, -0.25) is 18.7 Å². The Kier molecular flexibility index (Phi) is 7.63. The minimum absolute atomic E-state index is 0. The summed E-state index contributed by atoms with van der Waals surface area (Å²) in [6.07, 6.45) is 4.04. The molecule has 7 nitrogen and oxygen atoms in total. The summed E-state index contributed by atoms with van der Waals surface area (Å²) in [6.45, 7) is 0. The minimum atomic E-state index is -1.02. The Morgan fingerprint density at radius 3 is 2.52 bits per heavy atom. The van der Waals surface area contributed by atoms with Gasteiger partial charge in [-0.1, -0.05) is 5.56 Å². The number of rotatable bonds is 2. The van der Waals surface area contributed by atoms with E-state index in [2.05, 4.69) is 38.2 Å². The van der Waals surface area contributed by atoms with E-state index in [4.69, 9.17) is 5.26 Å². The molecule has 1 radical (unpaired) electrons. The van der Waals surface area contributed by atoms with Gasteiger partial charge in [0, 0.05) is 25.7 Å². The van der Waals surface area contributed by atoms with Gasteiger partial charge < -0.3 is 0 Å². The number of aromatic nitrogens is 3. The molecule has 0 saturated carbocycles. The fourth-order valence-electron chi connectivity index (χ4n) is 2.10. The maximum atomic E-state index is 13.6. The van der Waals surface area contributed by atoms with Gasteiger partial charge in [0.15, 0.2) is 0 Å². The van der Waals surface area contributed by atoms with Crippen LogP contribution >= 0.6 is 0 Å². The third-order valence-electron chi connectivity index (χ3n) is 3.36. The van der Waals surface area contributed by atoms with Crippen molar-refractivity contribution in [2.24, 2.45) is 5.10 Å². The molecule has 0 unspecified atom stereocenters. The van der Waals surface area contributed by atoms with E-state index in [1.54, 1.807) is 15.6 Å². The Balaban J connectivity index is 0.000000207. The van der Waals surface area contributed by atoms with Crippen LogP contribution in [0.5, 0.6) is 0 Å². The summed E-state index contributed by atoms with van der Waals surface area (Å²) in [6, 6.07) is 18.3. The number of hydrogen-bond donors (Lipinski definition) is 0. The number of hydrogen-bond acceptors (Lipinski definition) is 5. The van der Waals surface area contributed by atoms with Gasteiger partial charge in [-0.25, -0.2) is 4.98 Å². The number of hydrazone groups is 1. The van der Waals surface area contributed by atoms with Crippen LogP contribution in [-0.4, -0.2) is 43.6 Å². The molecule has 29 heavy (non-hydrogen) atoms. The minimum Gasteiger partial charge on any atom is -0.266 e. The number of benzene rings is 2. The largest absolute Gasteiger partial charge is 0.420 e. The van der Waals surface area contributed by atoms with Gasteiger partial charge in [0.05, 0.1) is 28.2 Å². The van der Waals surface area contributed by atoms with Crippen molar-refractivity contribution in [1.82, 2.24) is 15.0 Å². The smallest absolute Gasteiger partial charge is 0.266 e. The van der Waals surface area contributed by atoms with Crippen LogP contribution in [0.2, 0.25) is 0 Å². The standard InChI is InChI=1S/C10H3F2N4.C9H8N3.Ir/c11-8-2-1-6(9(12)7(8)3-13)10-15-4-14-5-16-10;1-11-7-10-12(8-11)9-5-3-2-4-6-9;/h2,4-5H;2-5,7H,1H3;/q-1;+1;. The van der Waals surface area contributed by atoms with Crippen molar-refractivity contribution in [3.8, 4) is 17.5 Å². The maximum Gasteiger partial charge on any atom is 0.420 e. The molecule has 10 heteroatoms. The average molecular weight is 568 g/mol. The second kappa shape index (κ2) is 10.2. The summed E-state index contributed by atoms with van der Waals surface area (Å²) >= 11 is 0. The molecule has 4 rings (SSSR count). The molecule has 0 atom stereocenters. The quantitative estimate of drug-likeness (QED) is 0.352. The van der Waals surface area contributed by atoms with Gasteiger partial charge in [0.25, 0.3) is 0 Å². The summed E-state index contributed by atoms with van der Waals surface area (Å²) in [5.41, 5.74) is 0.0765. The number of nitriles is 1. The van der Waals surface area contributed by atoms with Crippen molar-refractivity contribution in [1.29, 1.82) is 5.26 Å². The summed E-state index contributed by atoms with van der Waals surface area (Å²) < 4.78 is 30.0. The molecule has 0 spiro atoms. The monoisotopic (exact) mass is 568 g/mol. The zero-order valence-electron chi connectivity index (χ0n) is 14.8. The molecule has 2 heterocycles. The maximum absolute atomic E-state index is 13.6. The summed E-state index contributed by atoms with van der Waals surface area (Å²) in [5.74, 6) is -1.98. The molecule has 3 aromatic rings. The third-order valence-corrected chi connectivity index (χ3v) is 3.36. The molecule has 1 aliphatic rings. The van der Waals surface area contributed by atoms with Gasteiger partial charge in [0.1, 0.15) is 25.4 Å². The number of halogens is 2. The Labute approximate surface area is 178 Å². The zero-order valence-corrected chi connectivity index (χ0v) is 17.2. The van der Waals surface area contributed by atoms with Crippen LogP contribution in [0.1, 0.15) is 5.56 Å². The van der Waals surface area contributed by atoms with Crippen LogP contribution in [-0.2, 0) is 20.1 Å². The van der Waals surface area contributed by atoms with Crippen LogP contribution in [0.25, 0.3) is 11.4 Å². The van der Waals surface area contributed by atoms with Crippen LogP contribution in [0.4, 0.5) is 14.5 Å². The van der Waals surface area contributed by atoms with Crippen LogP contribution in [0, 0.1) is 35.1 Å². The van der Waals surface area contributed by atoms with Gasteiger partial charge >= 0.3 is 12.3 Å². The topological polar surface area (TPSA) is 80.8 Å². The molecule has 0 saturated heterocycles. The molecular weight excluding hydrogens is 556 g/mol. The molecule has 1 aromatic heterocycles. The van der Waals surface area contributed by atoms with E-state index in [9.17, 15) is 8.78 Å². The summed E-state index contributed by atoms with van der Waals surface area (Å²) in [4.78, 5) is 10.9. The predicted molar refractivity (Wildman–Crippen MR) is 93.6 cm³/mol. The van der Waals surface area contributed by atoms with E-state index in [1.807, 2.05) is 31.3 Å². The molecule has 0 aliphatic carbocycles. The van der Waals surface area contributed by atoms with Crippen molar-refractivity contribution in [3.63, 3.8) is 0 Å². The second-order valence-corrected chi connectivity index (χ2v) is 5.28. The van der Waals surface area contributed by atoms with E-state index in [0.29, 0.717) is 0 Å². The van der Waals surface area contributed by atoms with Crippen LogP contribution < -0.4 is 0 Å². The third kappa shape index (κ3) is 5.27. The summed E-state index contributed by atoms with van der Waals surface area (Å²) in [7, 11) is 1.88. The Hall–Kier alpha value is -3.50. The Morgan fingerprint density at radius 1 is 1.17 bits per heavy atom. The first-order valence-corrected chi connectivity index (χ1v) is 7.82. The van der Waals surface area contributed by atoms with Gasteiger partial charge in [0.2, 0.25) is 5.10 Å². The molecule has 0 bridgehead atoms. The van der Waals surface area contributed by atoms with Gasteiger partial charge in [-0.05, 0) is 0 Å². The summed E-state index contributed by atoms with van der Waals surface area (Å²) in [5, 5.41) is 12.7. The van der Waals surface area contributed by atoms with Crippen molar-refractivity contribution in [2.75, 3.05) is 7.05 Å². The second-order valence-electron chi connectivity index (χ2n) is 5.28. The average Bonchev–Trinajstić information content (AvgIpc) is 3.17. The van der Waals surface area contributed by atoms with E-state index in [1.165, 1.54) is 18.7 Å². The van der Waals surface area contributed by atoms with Gasteiger partial charge in [-0.15, -0.1) is 28.8 Å². The van der Waals surface area contributed by atoms with Crippen molar-refractivity contribution in [3.05, 3.63) is 72.3 Å². The molecule has 145 valence electrons. The Bertz CT molecular complexity index is 1140. The predicted octanol–water partition coefficient (Wildman–Crippen LogP) is 2.39. The van der Waals surface area contributed by atoms with Crippen molar-refractivity contribution < 1.29 is 38.1 Å². The normalized spacial score (nSPS) is 11.4. The molecular formula is C19H11F2IrN7. The first-order valence-electron chi connectivity index (χ1n) is 7.82. The first-order chi connectivity index (χ1) is 13.6. The molecule has 2 aromatic carbocycles. The number of para-hydroxylation sites is 1. The molecule has 0 fully saturated rings. The van der Waals surface area contributed by atoms with E-state index in [0.717, 1.165) is 11.8 Å². The molecule has 0 amide bonds. The first kappa shape index (κ1) is 21.8. The van der Waals surface area contributed by atoms with E-state index < -0.39 is 17.2 Å². The fraction of sp³-hybridized carbons (Fsp3) is 0.0526. The molecule has 1 aliphatic heterocycles. The van der Waals surface area contributed by atoms with E-state index in [-0.39, 0.29) is 31.5 Å². The molecule has 0 N–H and O–H groups in total. The fourth-order valence-corrected chi connectivity index (χ4v) is 2.10. The van der Waals surface area contributed by atoms with Gasteiger partial charge in [-0.2, -0.15) is 23.5 Å². The van der Waals surface area contributed by atoms with Crippen molar-refractivity contribution >= 4 is 18.0 Å². The zero-order chi connectivity index (χ0) is 19.9. The Morgan fingerprint density at radius 2 is 1.93 bits per heavy atom. The number of nitrogens with zero attached hydrogens (tertiary/aromatic N) is 7.